The van der Waals surface area contributed by atoms with Gasteiger partial charge >= 0.3 is 0 Å². The summed E-state index contributed by atoms with van der Waals surface area (Å²) in [6, 6.07) is 19.5. The third-order valence-corrected chi connectivity index (χ3v) is 6.72. The fourth-order valence-corrected chi connectivity index (χ4v) is 4.77. The molecule has 2 aromatic carbocycles. The van der Waals surface area contributed by atoms with Crippen LogP contribution in [-0.2, 0) is 26.1 Å². The molecule has 0 unspecified atom stereocenters. The van der Waals surface area contributed by atoms with Gasteiger partial charge < -0.3 is 5.32 Å². The third kappa shape index (κ3) is 4.35. The van der Waals surface area contributed by atoms with E-state index in [1.54, 1.807) is 34.1 Å². The molecule has 0 spiro atoms. The molecule has 0 aliphatic carbocycles. The number of carbonyl (C=O) groups excluding carboxylic acids is 1. The Morgan fingerprint density at radius 2 is 1.91 bits per heavy atom. The van der Waals surface area contributed by atoms with Crippen molar-refractivity contribution in [3.63, 3.8) is 0 Å². The van der Waals surface area contributed by atoms with Gasteiger partial charge in [0.1, 0.15) is 5.82 Å². The molecule has 0 fully saturated rings. The number of fused-ring (bicyclic) bond motifs is 2. The maximum atomic E-state index is 13.2. The summed E-state index contributed by atoms with van der Waals surface area (Å²) in [5.41, 5.74) is 2.34. The first-order chi connectivity index (χ1) is 15.7. The van der Waals surface area contributed by atoms with E-state index in [0.717, 1.165) is 30.3 Å². The van der Waals surface area contributed by atoms with Crippen LogP contribution in [0.2, 0.25) is 0 Å². The zero-order chi connectivity index (χ0) is 21.9. The minimum Gasteiger partial charge on any atom is -0.347 e. The Morgan fingerprint density at radius 1 is 1.03 bits per heavy atom. The lowest BCUT2D eigenvalue weighted by atomic mass is 10.1. The van der Waals surface area contributed by atoms with Gasteiger partial charge in [-0.2, -0.15) is 0 Å². The second-order valence-corrected chi connectivity index (χ2v) is 9.02. The fourth-order valence-electron chi connectivity index (χ4n) is 4.12. The standard InChI is InChI=1S/C25H24N4O2S/c30-24(26-16-20-7-4-14-32-20)19-8-9-21-22(15-19)27-23-10-11-28(12-13-29(23)25(21)31)17-18-5-2-1-3-6-18/h1-9,14-15H,10-13,16-17H2,(H,26,30). The Bertz CT molecular complexity index is 1300. The van der Waals surface area contributed by atoms with Crippen molar-refractivity contribution in [1.82, 2.24) is 19.8 Å². The summed E-state index contributed by atoms with van der Waals surface area (Å²) in [4.78, 5) is 34.0. The lowest BCUT2D eigenvalue weighted by Gasteiger charge is -2.19. The van der Waals surface area contributed by atoms with Gasteiger partial charge in [-0.25, -0.2) is 4.98 Å². The molecular formula is C25H24N4O2S. The molecule has 6 nitrogen and oxygen atoms in total. The van der Waals surface area contributed by atoms with Gasteiger partial charge in [0.15, 0.2) is 0 Å². The Kier molecular flexibility index (Phi) is 5.83. The van der Waals surface area contributed by atoms with Crippen LogP contribution in [0.25, 0.3) is 10.9 Å². The van der Waals surface area contributed by atoms with E-state index in [1.807, 2.05) is 23.6 Å². The lowest BCUT2D eigenvalue weighted by Crippen LogP contribution is -2.29. The Labute approximate surface area is 190 Å². The van der Waals surface area contributed by atoms with E-state index < -0.39 is 0 Å². The fraction of sp³-hybridized carbons (Fsp3) is 0.240. The molecule has 3 heterocycles. The molecule has 1 aliphatic heterocycles. The molecule has 2 aromatic heterocycles. The van der Waals surface area contributed by atoms with Gasteiger partial charge in [0.2, 0.25) is 0 Å². The molecule has 0 radical (unpaired) electrons. The largest absolute Gasteiger partial charge is 0.347 e. The second kappa shape index (κ2) is 9.06. The number of hydrogen-bond acceptors (Lipinski definition) is 5. The number of thiophene rings is 1. The van der Waals surface area contributed by atoms with E-state index in [1.165, 1.54) is 5.56 Å². The second-order valence-electron chi connectivity index (χ2n) is 7.99. The first kappa shape index (κ1) is 20.6. The molecule has 4 aromatic rings. The molecule has 5 rings (SSSR count). The van der Waals surface area contributed by atoms with E-state index in [0.29, 0.717) is 36.0 Å². The van der Waals surface area contributed by atoms with E-state index in [2.05, 4.69) is 34.5 Å². The third-order valence-electron chi connectivity index (χ3n) is 5.84. The number of amides is 1. The lowest BCUT2D eigenvalue weighted by molar-refractivity contribution is 0.0951. The van der Waals surface area contributed by atoms with Crippen LogP contribution >= 0.6 is 11.3 Å². The van der Waals surface area contributed by atoms with Crippen LogP contribution in [0.3, 0.4) is 0 Å². The number of nitrogens with one attached hydrogen (secondary N) is 1. The molecule has 0 atom stereocenters. The summed E-state index contributed by atoms with van der Waals surface area (Å²) in [6.45, 7) is 3.61. The Morgan fingerprint density at radius 3 is 2.72 bits per heavy atom. The highest BCUT2D eigenvalue weighted by Gasteiger charge is 2.18. The van der Waals surface area contributed by atoms with Gasteiger partial charge in [-0.05, 0) is 35.2 Å². The van der Waals surface area contributed by atoms with Gasteiger partial charge in [0, 0.05) is 43.0 Å². The Hall–Kier alpha value is -3.29. The SMILES string of the molecule is O=C(NCc1cccs1)c1ccc2c(=O)n3c(nc2c1)CCN(Cc1ccccc1)CC3. The van der Waals surface area contributed by atoms with E-state index in [-0.39, 0.29) is 11.5 Å². The molecular weight excluding hydrogens is 420 g/mol. The number of rotatable bonds is 5. The quantitative estimate of drug-likeness (QED) is 0.512. The molecule has 0 saturated heterocycles. The van der Waals surface area contributed by atoms with Crippen molar-refractivity contribution in [2.75, 3.05) is 13.1 Å². The summed E-state index contributed by atoms with van der Waals surface area (Å²) in [5.74, 6) is 0.625. The smallest absolute Gasteiger partial charge is 0.261 e. The molecule has 1 amide bonds. The molecule has 0 saturated carbocycles. The van der Waals surface area contributed by atoms with Crippen molar-refractivity contribution in [1.29, 1.82) is 0 Å². The van der Waals surface area contributed by atoms with Gasteiger partial charge in [0.25, 0.3) is 11.5 Å². The highest BCUT2D eigenvalue weighted by atomic mass is 32.1. The van der Waals surface area contributed by atoms with Crippen LogP contribution in [0.1, 0.15) is 26.6 Å². The molecule has 1 aliphatic rings. The number of hydrogen-bond donors (Lipinski definition) is 1. The summed E-state index contributed by atoms with van der Waals surface area (Å²) in [5, 5.41) is 5.48. The average molecular weight is 445 g/mol. The number of nitrogens with zero attached hydrogens (tertiary/aromatic N) is 3. The van der Waals surface area contributed by atoms with Gasteiger partial charge in [-0.15, -0.1) is 11.3 Å². The molecule has 7 heteroatoms. The summed E-state index contributed by atoms with van der Waals surface area (Å²) < 4.78 is 1.80. The zero-order valence-electron chi connectivity index (χ0n) is 17.7. The van der Waals surface area contributed by atoms with E-state index in [4.69, 9.17) is 4.98 Å². The van der Waals surface area contributed by atoms with Crippen LogP contribution in [0.15, 0.2) is 70.8 Å². The normalized spacial score (nSPS) is 14.1. The van der Waals surface area contributed by atoms with Crippen LogP contribution in [0.4, 0.5) is 0 Å². The first-order valence-corrected chi connectivity index (χ1v) is 11.7. The summed E-state index contributed by atoms with van der Waals surface area (Å²) >= 11 is 1.61. The minimum absolute atomic E-state index is 0.0305. The van der Waals surface area contributed by atoms with Crippen molar-refractivity contribution in [2.24, 2.45) is 0 Å². The van der Waals surface area contributed by atoms with Crippen molar-refractivity contribution in [2.45, 2.75) is 26.1 Å². The van der Waals surface area contributed by atoms with Crippen molar-refractivity contribution in [3.05, 3.63) is 98.2 Å². The van der Waals surface area contributed by atoms with Crippen molar-refractivity contribution < 1.29 is 4.79 Å². The van der Waals surface area contributed by atoms with Crippen molar-refractivity contribution >= 4 is 28.1 Å². The Balaban J connectivity index is 1.36. The van der Waals surface area contributed by atoms with Crippen LogP contribution in [-0.4, -0.2) is 33.4 Å². The maximum absolute atomic E-state index is 13.2. The summed E-state index contributed by atoms with van der Waals surface area (Å²) in [6.07, 6.45) is 0.701. The first-order valence-electron chi connectivity index (χ1n) is 10.8. The van der Waals surface area contributed by atoms with Crippen LogP contribution < -0.4 is 10.9 Å². The van der Waals surface area contributed by atoms with Crippen molar-refractivity contribution in [3.8, 4) is 0 Å². The highest BCUT2D eigenvalue weighted by molar-refractivity contribution is 7.09. The average Bonchev–Trinajstić information content (AvgIpc) is 3.26. The van der Waals surface area contributed by atoms with E-state index >= 15 is 0 Å². The molecule has 1 N–H and O–H groups in total. The predicted octanol–water partition coefficient (Wildman–Crippen LogP) is 3.45. The number of carbonyl (C=O) groups is 1. The maximum Gasteiger partial charge on any atom is 0.261 e. The summed E-state index contributed by atoms with van der Waals surface area (Å²) in [7, 11) is 0. The molecule has 0 bridgehead atoms. The van der Waals surface area contributed by atoms with Gasteiger partial charge in [-0.3, -0.25) is 19.1 Å². The topological polar surface area (TPSA) is 67.2 Å². The van der Waals surface area contributed by atoms with Crippen LogP contribution in [0, 0.1) is 0 Å². The monoisotopic (exact) mass is 444 g/mol. The predicted molar refractivity (Wildman–Crippen MR) is 127 cm³/mol. The molecule has 32 heavy (non-hydrogen) atoms. The van der Waals surface area contributed by atoms with Gasteiger partial charge in [0.05, 0.1) is 17.4 Å². The van der Waals surface area contributed by atoms with E-state index in [9.17, 15) is 9.59 Å². The number of aromatic nitrogens is 2. The highest BCUT2D eigenvalue weighted by Crippen LogP contribution is 2.16. The zero-order valence-corrected chi connectivity index (χ0v) is 18.5. The number of benzene rings is 2. The van der Waals surface area contributed by atoms with Gasteiger partial charge in [-0.1, -0.05) is 36.4 Å². The minimum atomic E-state index is -0.161. The van der Waals surface area contributed by atoms with Crippen LogP contribution in [0.5, 0.6) is 0 Å². The molecule has 162 valence electrons.